The summed E-state index contributed by atoms with van der Waals surface area (Å²) in [6, 6.07) is 6.45. The van der Waals surface area contributed by atoms with E-state index in [0.717, 1.165) is 10.9 Å². The fourth-order valence-corrected chi connectivity index (χ4v) is 4.01. The maximum absolute atomic E-state index is 12.8. The summed E-state index contributed by atoms with van der Waals surface area (Å²) in [4.78, 5) is 24.1. The summed E-state index contributed by atoms with van der Waals surface area (Å²) in [7, 11) is -4.00. The number of hydrogen-bond donors (Lipinski definition) is 2. The molecule has 0 saturated carbocycles. The van der Waals surface area contributed by atoms with E-state index in [0.29, 0.717) is 0 Å². The highest BCUT2D eigenvalue weighted by molar-refractivity contribution is 7.90. The highest BCUT2D eigenvalue weighted by Crippen LogP contribution is 2.29. The molecule has 1 aliphatic heterocycles. The number of alkyl halides is 2. The van der Waals surface area contributed by atoms with Gasteiger partial charge in [-0.05, 0) is 37.3 Å². The molecule has 0 spiro atoms. The molecule has 2 amide bonds. The largest absolute Gasteiger partial charge is 0.352 e. The summed E-state index contributed by atoms with van der Waals surface area (Å²) >= 11 is 0. The average Bonchev–Trinajstić information content (AvgIpc) is 3.01. The lowest BCUT2D eigenvalue weighted by atomic mass is 10.1. The van der Waals surface area contributed by atoms with Gasteiger partial charge in [-0.15, -0.1) is 0 Å². The zero-order valence-electron chi connectivity index (χ0n) is 13.6. The molecule has 1 aliphatic rings. The van der Waals surface area contributed by atoms with Gasteiger partial charge in [0.25, 0.3) is 21.8 Å². The van der Waals surface area contributed by atoms with Gasteiger partial charge in [0, 0.05) is 24.7 Å². The number of nitrogens with one attached hydrogen (secondary N) is 2. The summed E-state index contributed by atoms with van der Waals surface area (Å²) in [5.74, 6) is -4.19. The minimum absolute atomic E-state index is 0.0465. The summed E-state index contributed by atoms with van der Waals surface area (Å²) in [5.41, 5.74) is -0.0604. The van der Waals surface area contributed by atoms with E-state index in [-0.39, 0.29) is 28.4 Å². The topological polar surface area (TPSA) is 97.3 Å². The van der Waals surface area contributed by atoms with Crippen molar-refractivity contribution in [3.05, 3.63) is 47.8 Å². The van der Waals surface area contributed by atoms with Gasteiger partial charge in [0.15, 0.2) is 0 Å². The third-order valence-electron chi connectivity index (χ3n) is 3.82. The third-order valence-corrected chi connectivity index (χ3v) is 5.57. The molecule has 0 aliphatic carbocycles. The molecule has 1 aromatic carbocycles. The molecule has 0 fully saturated rings. The molecule has 2 heterocycles. The quantitative estimate of drug-likeness (QED) is 0.845. The Bertz CT molecular complexity index is 993. The first-order valence-corrected chi connectivity index (χ1v) is 9.08. The van der Waals surface area contributed by atoms with Crippen LogP contribution in [-0.2, 0) is 10.0 Å². The Morgan fingerprint density at radius 1 is 1.31 bits per heavy atom. The number of nitrogens with zero attached hydrogens (tertiary/aromatic N) is 1. The molecule has 0 saturated heterocycles. The Labute approximate surface area is 148 Å². The predicted molar refractivity (Wildman–Crippen MR) is 89.0 cm³/mol. The number of benzene rings is 1. The van der Waals surface area contributed by atoms with Crippen molar-refractivity contribution >= 4 is 27.5 Å². The van der Waals surface area contributed by atoms with E-state index >= 15 is 0 Å². The van der Waals surface area contributed by atoms with Crippen LogP contribution in [0.1, 0.15) is 34.2 Å². The molecule has 2 aromatic rings. The minimum Gasteiger partial charge on any atom is -0.352 e. The van der Waals surface area contributed by atoms with E-state index in [2.05, 4.69) is 10.6 Å². The number of fused-ring (bicyclic) bond motifs is 2. The summed E-state index contributed by atoms with van der Waals surface area (Å²) < 4.78 is 51.8. The molecule has 138 valence electrons. The van der Waals surface area contributed by atoms with Crippen molar-refractivity contribution in [1.29, 1.82) is 0 Å². The third kappa shape index (κ3) is 3.32. The van der Waals surface area contributed by atoms with Crippen LogP contribution in [0, 0.1) is 0 Å². The fourth-order valence-electron chi connectivity index (χ4n) is 2.54. The van der Waals surface area contributed by atoms with Gasteiger partial charge in [0.2, 0.25) is 5.92 Å². The highest BCUT2D eigenvalue weighted by atomic mass is 32.2. The number of carbonyl (C=O) groups is 2. The molecule has 3 rings (SSSR count). The number of carbonyl (C=O) groups excluding carboxylic acids is 2. The summed E-state index contributed by atoms with van der Waals surface area (Å²) in [6.45, 7) is 0.507. The standard InChI is InChI=1S/C16H15F2N3O4S/c1-16(17,18)6-7-19-14(22)10-4-5-13-11(9-10)20-15(23)12-3-2-8-21(12)26(13,24)25/h2-5,8-9H,6-7H2,1H3,(H,19,22)(H,20,23). The van der Waals surface area contributed by atoms with Crippen LogP contribution in [-0.4, -0.2) is 36.7 Å². The van der Waals surface area contributed by atoms with Crippen molar-refractivity contribution in [3.8, 4) is 0 Å². The minimum atomic E-state index is -4.00. The van der Waals surface area contributed by atoms with Crippen LogP contribution < -0.4 is 10.6 Å². The van der Waals surface area contributed by atoms with E-state index < -0.39 is 34.2 Å². The van der Waals surface area contributed by atoms with Crippen molar-refractivity contribution in [2.45, 2.75) is 24.2 Å². The molecule has 0 bridgehead atoms. The maximum Gasteiger partial charge on any atom is 0.273 e. The Kier molecular flexibility index (Phi) is 4.31. The van der Waals surface area contributed by atoms with Crippen LogP contribution in [0.15, 0.2) is 41.4 Å². The number of hydrogen-bond acceptors (Lipinski definition) is 4. The molecule has 2 N–H and O–H groups in total. The van der Waals surface area contributed by atoms with Gasteiger partial charge in [-0.1, -0.05) is 0 Å². The van der Waals surface area contributed by atoms with Crippen molar-refractivity contribution < 1.29 is 26.8 Å². The second-order valence-electron chi connectivity index (χ2n) is 5.94. The lowest BCUT2D eigenvalue weighted by Crippen LogP contribution is -2.28. The van der Waals surface area contributed by atoms with E-state index in [1.807, 2.05) is 0 Å². The maximum atomic E-state index is 12.8. The molecule has 0 atom stereocenters. The normalized spacial score (nSPS) is 15.4. The Hall–Kier alpha value is -2.75. The first-order valence-electron chi connectivity index (χ1n) is 7.64. The van der Waals surface area contributed by atoms with Crippen LogP contribution in [0.5, 0.6) is 0 Å². The van der Waals surface area contributed by atoms with E-state index in [4.69, 9.17) is 0 Å². The lowest BCUT2D eigenvalue weighted by Gasteiger charge is -2.12. The average molecular weight is 383 g/mol. The first kappa shape index (κ1) is 18.1. The van der Waals surface area contributed by atoms with Gasteiger partial charge in [0.05, 0.1) is 5.69 Å². The number of amides is 2. The summed E-state index contributed by atoms with van der Waals surface area (Å²) in [6.07, 6.45) is 0.731. The smallest absolute Gasteiger partial charge is 0.273 e. The fraction of sp³-hybridized carbons (Fsp3) is 0.250. The highest BCUT2D eigenvalue weighted by Gasteiger charge is 2.30. The number of halogens is 2. The van der Waals surface area contributed by atoms with Crippen LogP contribution in [0.3, 0.4) is 0 Å². The van der Waals surface area contributed by atoms with Crippen LogP contribution >= 0.6 is 0 Å². The Morgan fingerprint density at radius 2 is 2.04 bits per heavy atom. The number of rotatable bonds is 4. The van der Waals surface area contributed by atoms with Gasteiger partial charge in [-0.3, -0.25) is 9.59 Å². The first-order chi connectivity index (χ1) is 12.1. The zero-order valence-corrected chi connectivity index (χ0v) is 14.4. The van der Waals surface area contributed by atoms with Crippen molar-refractivity contribution in [2.24, 2.45) is 0 Å². The Balaban J connectivity index is 1.91. The van der Waals surface area contributed by atoms with Crippen molar-refractivity contribution in [2.75, 3.05) is 11.9 Å². The molecular weight excluding hydrogens is 368 g/mol. The second-order valence-corrected chi connectivity index (χ2v) is 7.72. The second kappa shape index (κ2) is 6.20. The molecule has 10 heteroatoms. The lowest BCUT2D eigenvalue weighted by molar-refractivity contribution is 0.0137. The molecule has 1 aromatic heterocycles. The zero-order chi connectivity index (χ0) is 19.1. The van der Waals surface area contributed by atoms with Gasteiger partial charge < -0.3 is 10.6 Å². The molecule has 7 nitrogen and oxygen atoms in total. The van der Waals surface area contributed by atoms with Gasteiger partial charge in [-0.2, -0.15) is 0 Å². The molecule has 0 radical (unpaired) electrons. The monoisotopic (exact) mass is 383 g/mol. The molecular formula is C16H15F2N3O4S. The van der Waals surface area contributed by atoms with E-state index in [9.17, 15) is 26.8 Å². The predicted octanol–water partition coefficient (Wildman–Crippen LogP) is 2.07. The van der Waals surface area contributed by atoms with Gasteiger partial charge in [0.1, 0.15) is 10.6 Å². The van der Waals surface area contributed by atoms with Gasteiger partial charge in [-0.25, -0.2) is 21.2 Å². The number of anilines is 1. The van der Waals surface area contributed by atoms with E-state index in [1.165, 1.54) is 36.5 Å². The SMILES string of the molecule is CC(F)(F)CCNC(=O)c1ccc2c(c1)NC(=O)c1cccn1S2(=O)=O. The van der Waals surface area contributed by atoms with Crippen LogP contribution in [0.4, 0.5) is 14.5 Å². The molecule has 0 unspecified atom stereocenters. The van der Waals surface area contributed by atoms with Gasteiger partial charge >= 0.3 is 0 Å². The summed E-state index contributed by atoms with van der Waals surface area (Å²) in [5, 5.41) is 4.79. The van der Waals surface area contributed by atoms with Crippen LogP contribution in [0.25, 0.3) is 0 Å². The molecule has 26 heavy (non-hydrogen) atoms. The van der Waals surface area contributed by atoms with Crippen molar-refractivity contribution in [3.63, 3.8) is 0 Å². The van der Waals surface area contributed by atoms with E-state index in [1.54, 1.807) is 0 Å². The van der Waals surface area contributed by atoms with Crippen LogP contribution in [0.2, 0.25) is 0 Å². The Morgan fingerprint density at radius 3 is 2.73 bits per heavy atom. The number of aromatic nitrogens is 1. The van der Waals surface area contributed by atoms with Crippen molar-refractivity contribution in [1.82, 2.24) is 9.29 Å².